The molecule has 0 aliphatic carbocycles. The lowest BCUT2D eigenvalue weighted by Crippen LogP contribution is -2.29. The second-order valence-corrected chi connectivity index (χ2v) is 12.1. The van der Waals surface area contributed by atoms with E-state index in [1.54, 1.807) is 43.3 Å². The monoisotopic (exact) mass is 632 g/mol. The van der Waals surface area contributed by atoms with E-state index in [2.05, 4.69) is 9.37 Å². The van der Waals surface area contributed by atoms with Crippen LogP contribution in [0.2, 0.25) is 0 Å². The van der Waals surface area contributed by atoms with Crippen molar-refractivity contribution in [3.05, 3.63) is 101 Å². The van der Waals surface area contributed by atoms with Crippen LogP contribution in [0.1, 0.15) is 47.0 Å². The standard InChI is InChI=1S/C30H20N2O10S2/c1-15-3-7-19(25(11-15)43-42-41-37)20-10-6-18(14-26(20)44(38,39)40)32-29(35)22-9-5-17(13-24(22)30(32)36)16-4-8-21-23(12-16)28(34)31(2)27(21)33/h3-14,37H,1-2H3,(H,38,39,40). The van der Waals surface area contributed by atoms with Crippen LogP contribution in [0.4, 0.5) is 5.69 Å². The Morgan fingerprint density at radius 1 is 0.682 bits per heavy atom. The SMILES string of the molecule is Cc1ccc(-c2ccc(N3C(=O)c4ccc(-c5ccc6c(c5)C(=O)N(C)C6=O)cc4C3=O)cc2S(=O)(=O)O)c(SOOO)c1. The van der Waals surface area contributed by atoms with Crippen LogP contribution in [0.25, 0.3) is 22.3 Å². The van der Waals surface area contributed by atoms with Crippen LogP contribution in [0.5, 0.6) is 0 Å². The zero-order chi connectivity index (χ0) is 31.5. The van der Waals surface area contributed by atoms with E-state index < -0.39 is 38.6 Å². The van der Waals surface area contributed by atoms with Gasteiger partial charge in [-0.05, 0) is 71.6 Å². The fourth-order valence-corrected chi connectivity index (χ4v) is 6.59. The van der Waals surface area contributed by atoms with Crippen molar-refractivity contribution in [1.82, 2.24) is 4.90 Å². The summed E-state index contributed by atoms with van der Waals surface area (Å²) in [6.45, 7) is 1.78. The summed E-state index contributed by atoms with van der Waals surface area (Å²) in [5, 5.41) is 12.3. The van der Waals surface area contributed by atoms with Gasteiger partial charge in [-0.25, -0.2) is 10.2 Å². The molecule has 44 heavy (non-hydrogen) atoms. The molecule has 0 atom stereocenters. The average molecular weight is 633 g/mol. The number of rotatable bonds is 7. The van der Waals surface area contributed by atoms with Crippen LogP contribution < -0.4 is 4.90 Å². The lowest BCUT2D eigenvalue weighted by Gasteiger charge is -2.17. The minimum atomic E-state index is -4.88. The van der Waals surface area contributed by atoms with Crippen molar-refractivity contribution in [2.75, 3.05) is 11.9 Å². The smallest absolute Gasteiger partial charge is 0.282 e. The number of anilines is 1. The van der Waals surface area contributed by atoms with Crippen molar-refractivity contribution in [3.8, 4) is 22.3 Å². The Labute approximate surface area is 254 Å². The van der Waals surface area contributed by atoms with Gasteiger partial charge < -0.3 is 0 Å². The van der Waals surface area contributed by atoms with Crippen molar-refractivity contribution in [1.29, 1.82) is 0 Å². The maximum atomic E-state index is 13.6. The molecule has 0 spiro atoms. The summed E-state index contributed by atoms with van der Waals surface area (Å²) >= 11 is 0.599. The van der Waals surface area contributed by atoms with E-state index in [1.165, 1.54) is 37.4 Å². The molecule has 4 amide bonds. The number of fused-ring (bicyclic) bond motifs is 2. The first-order valence-electron chi connectivity index (χ1n) is 12.8. The molecule has 0 aromatic heterocycles. The van der Waals surface area contributed by atoms with E-state index in [0.717, 1.165) is 21.4 Å². The Bertz CT molecular complexity index is 2060. The van der Waals surface area contributed by atoms with Gasteiger partial charge in [0.2, 0.25) is 0 Å². The fourth-order valence-electron chi connectivity index (χ4n) is 5.25. The quantitative estimate of drug-likeness (QED) is 0.0922. The lowest BCUT2D eigenvalue weighted by atomic mass is 9.97. The summed E-state index contributed by atoms with van der Waals surface area (Å²) in [5.41, 5.74) is 2.67. The number of aryl methyl sites for hydroxylation is 1. The number of carbonyl (C=O) groups excluding carboxylic acids is 4. The Morgan fingerprint density at radius 2 is 1.23 bits per heavy atom. The molecule has 2 N–H and O–H groups in total. The highest BCUT2D eigenvalue weighted by Gasteiger charge is 2.38. The molecule has 2 heterocycles. The molecule has 6 rings (SSSR count). The van der Waals surface area contributed by atoms with Gasteiger partial charge in [-0.3, -0.25) is 28.6 Å². The first-order valence-corrected chi connectivity index (χ1v) is 15.0. The normalized spacial score (nSPS) is 14.5. The molecular weight excluding hydrogens is 612 g/mol. The summed E-state index contributed by atoms with van der Waals surface area (Å²) in [6.07, 6.45) is 0. The van der Waals surface area contributed by atoms with Crippen LogP contribution in [0.3, 0.4) is 0 Å². The van der Waals surface area contributed by atoms with Crippen LogP contribution in [-0.2, 0) is 19.5 Å². The van der Waals surface area contributed by atoms with Crippen molar-refractivity contribution in [2.45, 2.75) is 16.7 Å². The molecule has 12 nitrogen and oxygen atoms in total. The van der Waals surface area contributed by atoms with Gasteiger partial charge in [-0.2, -0.15) is 8.42 Å². The Balaban J connectivity index is 1.39. The summed E-state index contributed by atoms with van der Waals surface area (Å²) < 4.78 is 39.7. The lowest BCUT2D eigenvalue weighted by molar-refractivity contribution is -0.432. The fraction of sp³-hybridized carbons (Fsp3) is 0.0667. The molecule has 0 bridgehead atoms. The van der Waals surface area contributed by atoms with E-state index >= 15 is 0 Å². The molecule has 222 valence electrons. The zero-order valence-electron chi connectivity index (χ0n) is 22.8. The zero-order valence-corrected chi connectivity index (χ0v) is 24.4. The van der Waals surface area contributed by atoms with Gasteiger partial charge in [0.15, 0.2) is 0 Å². The molecule has 0 saturated carbocycles. The summed E-state index contributed by atoms with van der Waals surface area (Å²) in [6, 6.07) is 17.9. The van der Waals surface area contributed by atoms with Crippen molar-refractivity contribution in [3.63, 3.8) is 0 Å². The summed E-state index contributed by atoms with van der Waals surface area (Å²) in [7, 11) is -3.49. The third-order valence-corrected chi connectivity index (χ3v) is 8.93. The molecular formula is C30H20N2O10S2. The van der Waals surface area contributed by atoms with E-state index in [0.29, 0.717) is 33.6 Å². The Hall–Kier alpha value is -4.70. The van der Waals surface area contributed by atoms with Gasteiger partial charge in [0, 0.05) is 17.5 Å². The summed E-state index contributed by atoms with van der Waals surface area (Å²) in [5.74, 6) is -2.30. The van der Waals surface area contributed by atoms with Gasteiger partial charge >= 0.3 is 0 Å². The number of hydrogen-bond donors (Lipinski definition) is 2. The second kappa shape index (κ2) is 10.8. The maximum absolute atomic E-state index is 13.6. The Kier molecular flexibility index (Phi) is 7.20. The first kappa shape index (κ1) is 29.4. The predicted molar refractivity (Wildman–Crippen MR) is 157 cm³/mol. The molecule has 0 fully saturated rings. The molecule has 14 heteroatoms. The highest BCUT2D eigenvalue weighted by atomic mass is 32.2. The van der Waals surface area contributed by atoms with Crippen molar-refractivity contribution in [2.24, 2.45) is 0 Å². The van der Waals surface area contributed by atoms with E-state index in [4.69, 9.17) is 5.26 Å². The highest BCUT2D eigenvalue weighted by molar-refractivity contribution is 7.94. The van der Waals surface area contributed by atoms with E-state index in [9.17, 15) is 32.1 Å². The number of benzene rings is 4. The van der Waals surface area contributed by atoms with Crippen LogP contribution in [0.15, 0.2) is 82.6 Å². The van der Waals surface area contributed by atoms with Crippen molar-refractivity contribution >= 4 is 51.5 Å². The second-order valence-electron chi connectivity index (χ2n) is 10.0. The third kappa shape index (κ3) is 4.79. The average Bonchev–Trinajstić information content (AvgIpc) is 3.38. The predicted octanol–water partition coefficient (Wildman–Crippen LogP) is 5.03. The number of hydrogen-bond acceptors (Lipinski definition) is 10. The molecule has 2 aliphatic heterocycles. The maximum Gasteiger partial charge on any atom is 0.295 e. The first-order chi connectivity index (χ1) is 20.9. The minimum absolute atomic E-state index is 0.0365. The number of amides is 4. The van der Waals surface area contributed by atoms with Crippen LogP contribution in [-0.4, -0.2) is 53.8 Å². The number of imide groups is 2. The molecule has 2 aliphatic rings. The third-order valence-electron chi connectivity index (χ3n) is 7.39. The topological polar surface area (TPSA) is 168 Å². The van der Waals surface area contributed by atoms with Gasteiger partial charge in [-0.15, -0.1) is 4.33 Å². The van der Waals surface area contributed by atoms with Crippen LogP contribution in [0, 0.1) is 6.92 Å². The molecule has 0 saturated heterocycles. The van der Waals surface area contributed by atoms with Gasteiger partial charge in [0.05, 0.1) is 40.0 Å². The largest absolute Gasteiger partial charge is 0.295 e. The molecule has 4 aromatic carbocycles. The molecule has 0 radical (unpaired) electrons. The number of nitrogens with zero attached hydrogens (tertiary/aromatic N) is 2. The highest BCUT2D eigenvalue weighted by Crippen LogP contribution is 2.40. The molecule has 4 aromatic rings. The van der Waals surface area contributed by atoms with E-state index in [1.807, 2.05) is 0 Å². The number of carbonyl (C=O) groups is 4. The minimum Gasteiger partial charge on any atom is -0.282 e. The van der Waals surface area contributed by atoms with Gasteiger partial charge in [-0.1, -0.05) is 35.4 Å². The molecule has 0 unspecified atom stereocenters. The van der Waals surface area contributed by atoms with Gasteiger partial charge in [0.1, 0.15) is 4.90 Å². The van der Waals surface area contributed by atoms with Gasteiger partial charge in [0.25, 0.3) is 33.7 Å². The van der Waals surface area contributed by atoms with E-state index in [-0.39, 0.29) is 33.5 Å². The Morgan fingerprint density at radius 3 is 1.86 bits per heavy atom. The summed E-state index contributed by atoms with van der Waals surface area (Å²) in [4.78, 5) is 53.3. The van der Waals surface area contributed by atoms with Crippen molar-refractivity contribution < 1.29 is 46.8 Å². The van der Waals surface area contributed by atoms with Crippen LogP contribution >= 0.6 is 12.0 Å².